The van der Waals surface area contributed by atoms with Crippen LogP contribution in [-0.2, 0) is 11.3 Å². The topological polar surface area (TPSA) is 120 Å². The van der Waals surface area contributed by atoms with E-state index in [0.29, 0.717) is 29.3 Å². The highest BCUT2D eigenvalue weighted by Crippen LogP contribution is 2.18. The highest BCUT2D eigenvalue weighted by atomic mass is 35.5. The molecule has 4 N–H and O–H groups in total. The van der Waals surface area contributed by atoms with Gasteiger partial charge in [-0.25, -0.2) is 15.0 Å². The van der Waals surface area contributed by atoms with Crippen LogP contribution in [0.4, 0.5) is 0 Å². The van der Waals surface area contributed by atoms with Gasteiger partial charge in [-0.1, -0.05) is 23.7 Å². The van der Waals surface area contributed by atoms with Crippen molar-refractivity contribution < 1.29 is 9.53 Å². The predicted molar refractivity (Wildman–Crippen MR) is 125 cm³/mol. The molecular weight excluding hydrogens is 442 g/mol. The largest absolute Gasteiger partial charge is 0.381 e. The average molecular weight is 470 g/mol. The molecule has 1 aliphatic rings. The van der Waals surface area contributed by atoms with Crippen molar-refractivity contribution in [3.05, 3.63) is 70.7 Å². The number of hydrogen-bond acceptors (Lipinski definition) is 7. The summed E-state index contributed by atoms with van der Waals surface area (Å²) < 4.78 is 7.14. The molecule has 10 heteroatoms. The Morgan fingerprint density at radius 3 is 2.91 bits per heavy atom. The minimum absolute atomic E-state index is 0.237. The lowest BCUT2D eigenvalue weighted by molar-refractivity contribution is 0.0774. The van der Waals surface area contributed by atoms with E-state index in [1.165, 1.54) is 0 Å². The molecule has 4 rings (SSSR count). The van der Waals surface area contributed by atoms with Gasteiger partial charge < -0.3 is 21.1 Å². The van der Waals surface area contributed by atoms with Crippen LogP contribution in [0.3, 0.4) is 0 Å². The molecule has 33 heavy (non-hydrogen) atoms. The lowest BCUT2D eigenvalue weighted by atomic mass is 10.1. The number of nitrogens with two attached hydrogens (primary N) is 1. The number of aromatic nitrogens is 4. The fourth-order valence-corrected chi connectivity index (χ4v) is 3.94. The van der Waals surface area contributed by atoms with Crippen molar-refractivity contribution in [2.45, 2.75) is 38.4 Å². The Hall–Kier alpha value is -2.85. The molecule has 9 nitrogen and oxygen atoms in total. The Labute approximate surface area is 197 Å². The monoisotopic (exact) mass is 469 g/mol. The van der Waals surface area contributed by atoms with E-state index in [-0.39, 0.29) is 24.2 Å². The SMILES string of the molecule is Cc1cnc(CNC2CCOCC2)nc1-n1cnc(C(=O)NC(CN)c2cccc(Cl)c2)c1. The predicted octanol–water partition coefficient (Wildman–Crippen LogP) is 2.32. The second kappa shape index (κ2) is 10.8. The van der Waals surface area contributed by atoms with Gasteiger partial charge in [-0.3, -0.25) is 9.36 Å². The summed E-state index contributed by atoms with van der Waals surface area (Å²) in [5, 5.41) is 7.00. The Kier molecular flexibility index (Phi) is 7.66. The Bertz CT molecular complexity index is 1100. The number of amides is 1. The van der Waals surface area contributed by atoms with Crippen LogP contribution in [0.2, 0.25) is 5.02 Å². The summed E-state index contributed by atoms with van der Waals surface area (Å²) in [5.41, 5.74) is 7.88. The van der Waals surface area contributed by atoms with E-state index in [9.17, 15) is 4.79 Å². The van der Waals surface area contributed by atoms with E-state index >= 15 is 0 Å². The standard InChI is InChI=1S/C23H28ClN7O2/c1-15-11-27-21(12-26-18-5-7-33-8-6-18)30-22(15)31-13-20(28-14-31)23(32)29-19(10-25)16-3-2-4-17(24)9-16/h2-4,9,11,13-14,18-19,26H,5-8,10,12,25H2,1H3,(H,29,32). The zero-order valence-electron chi connectivity index (χ0n) is 18.5. The number of benzene rings is 1. The van der Waals surface area contributed by atoms with Crippen LogP contribution in [0.25, 0.3) is 5.82 Å². The molecule has 1 aliphatic heterocycles. The van der Waals surface area contributed by atoms with Crippen LogP contribution in [-0.4, -0.2) is 51.2 Å². The second-order valence-electron chi connectivity index (χ2n) is 8.04. The molecular formula is C23H28ClN7O2. The molecule has 3 aromatic rings. The van der Waals surface area contributed by atoms with Crippen molar-refractivity contribution in [2.75, 3.05) is 19.8 Å². The summed E-state index contributed by atoms with van der Waals surface area (Å²) in [7, 11) is 0. The van der Waals surface area contributed by atoms with Crippen LogP contribution >= 0.6 is 11.6 Å². The fourth-order valence-electron chi connectivity index (χ4n) is 3.74. The summed E-state index contributed by atoms with van der Waals surface area (Å²) in [5.74, 6) is 1.05. The molecule has 1 fully saturated rings. The lowest BCUT2D eigenvalue weighted by Gasteiger charge is -2.22. The third-order valence-corrected chi connectivity index (χ3v) is 5.85. The van der Waals surface area contributed by atoms with E-state index < -0.39 is 0 Å². The maximum atomic E-state index is 12.8. The quantitative estimate of drug-likeness (QED) is 0.463. The van der Waals surface area contributed by atoms with Gasteiger partial charge in [0.15, 0.2) is 0 Å². The fraction of sp³-hybridized carbons (Fsp3) is 0.391. The number of halogens is 1. The minimum Gasteiger partial charge on any atom is -0.381 e. The van der Waals surface area contributed by atoms with Crippen molar-refractivity contribution in [1.29, 1.82) is 0 Å². The van der Waals surface area contributed by atoms with Gasteiger partial charge in [0.05, 0.1) is 12.6 Å². The molecule has 0 aliphatic carbocycles. The molecule has 1 saturated heterocycles. The Morgan fingerprint density at radius 2 is 2.15 bits per heavy atom. The summed E-state index contributed by atoms with van der Waals surface area (Å²) in [6, 6.07) is 7.31. The van der Waals surface area contributed by atoms with Crippen molar-refractivity contribution in [1.82, 2.24) is 30.2 Å². The van der Waals surface area contributed by atoms with Gasteiger partial charge >= 0.3 is 0 Å². The summed E-state index contributed by atoms with van der Waals surface area (Å²) in [4.78, 5) is 26.2. The summed E-state index contributed by atoms with van der Waals surface area (Å²) >= 11 is 6.07. The normalized spacial score (nSPS) is 15.4. The highest BCUT2D eigenvalue weighted by Gasteiger charge is 2.18. The maximum Gasteiger partial charge on any atom is 0.272 e. The minimum atomic E-state index is -0.370. The average Bonchev–Trinajstić information content (AvgIpc) is 3.33. The molecule has 1 aromatic carbocycles. The van der Waals surface area contributed by atoms with Gasteiger partial charge in [-0.2, -0.15) is 0 Å². The number of nitrogens with one attached hydrogen (secondary N) is 2. The first-order valence-corrected chi connectivity index (χ1v) is 11.4. The lowest BCUT2D eigenvalue weighted by Crippen LogP contribution is -2.34. The first-order valence-electron chi connectivity index (χ1n) is 11.0. The van der Waals surface area contributed by atoms with Crippen molar-refractivity contribution in [2.24, 2.45) is 5.73 Å². The van der Waals surface area contributed by atoms with Crippen LogP contribution in [0.15, 0.2) is 43.0 Å². The van der Waals surface area contributed by atoms with Gasteiger partial charge in [0, 0.05) is 48.8 Å². The number of carbonyl (C=O) groups is 1. The zero-order valence-corrected chi connectivity index (χ0v) is 19.3. The van der Waals surface area contributed by atoms with Crippen LogP contribution in [0, 0.1) is 6.92 Å². The van der Waals surface area contributed by atoms with Crippen molar-refractivity contribution in [3.63, 3.8) is 0 Å². The number of ether oxygens (including phenoxy) is 1. The molecule has 0 bridgehead atoms. The Morgan fingerprint density at radius 1 is 1.33 bits per heavy atom. The third kappa shape index (κ3) is 5.94. The van der Waals surface area contributed by atoms with Crippen LogP contribution in [0.1, 0.15) is 46.3 Å². The molecule has 174 valence electrons. The van der Waals surface area contributed by atoms with Crippen molar-refractivity contribution in [3.8, 4) is 5.82 Å². The summed E-state index contributed by atoms with van der Waals surface area (Å²) in [6.07, 6.45) is 6.99. The molecule has 1 amide bonds. The number of nitrogens with zero attached hydrogens (tertiary/aromatic N) is 4. The number of imidazole rings is 1. The van der Waals surface area contributed by atoms with E-state index in [0.717, 1.165) is 37.2 Å². The van der Waals surface area contributed by atoms with E-state index in [1.807, 2.05) is 19.1 Å². The molecule has 0 radical (unpaired) electrons. The molecule has 1 atom stereocenters. The molecule has 0 spiro atoms. The smallest absolute Gasteiger partial charge is 0.272 e. The van der Waals surface area contributed by atoms with Gasteiger partial charge in [-0.15, -0.1) is 0 Å². The molecule has 2 aromatic heterocycles. The van der Waals surface area contributed by atoms with Gasteiger partial charge in [-0.05, 0) is 37.5 Å². The molecule has 3 heterocycles. The van der Waals surface area contributed by atoms with Gasteiger partial charge in [0.1, 0.15) is 23.7 Å². The van der Waals surface area contributed by atoms with E-state index in [2.05, 4.69) is 25.6 Å². The highest BCUT2D eigenvalue weighted by molar-refractivity contribution is 6.30. The number of hydrogen-bond donors (Lipinski definition) is 3. The maximum absolute atomic E-state index is 12.8. The first-order chi connectivity index (χ1) is 16.0. The van der Waals surface area contributed by atoms with E-state index in [4.69, 9.17) is 22.1 Å². The number of carbonyl (C=O) groups excluding carboxylic acids is 1. The van der Waals surface area contributed by atoms with Gasteiger partial charge in [0.2, 0.25) is 0 Å². The van der Waals surface area contributed by atoms with Crippen molar-refractivity contribution >= 4 is 17.5 Å². The Balaban J connectivity index is 1.45. The number of aryl methyl sites for hydroxylation is 1. The summed E-state index contributed by atoms with van der Waals surface area (Å²) in [6.45, 7) is 4.28. The molecule has 0 saturated carbocycles. The van der Waals surface area contributed by atoms with Crippen LogP contribution in [0.5, 0.6) is 0 Å². The first kappa shape index (κ1) is 23.3. The van der Waals surface area contributed by atoms with E-state index in [1.54, 1.807) is 35.4 Å². The zero-order chi connectivity index (χ0) is 23.2. The van der Waals surface area contributed by atoms with Crippen LogP contribution < -0.4 is 16.4 Å². The second-order valence-corrected chi connectivity index (χ2v) is 8.48. The molecule has 1 unspecified atom stereocenters. The van der Waals surface area contributed by atoms with Gasteiger partial charge in [0.25, 0.3) is 5.91 Å². The number of rotatable bonds is 8. The third-order valence-electron chi connectivity index (χ3n) is 5.62.